The van der Waals surface area contributed by atoms with E-state index < -0.39 is 5.97 Å². The van der Waals surface area contributed by atoms with E-state index in [2.05, 4.69) is 9.94 Å². The van der Waals surface area contributed by atoms with Crippen LogP contribution in [0.5, 0.6) is 0 Å². The summed E-state index contributed by atoms with van der Waals surface area (Å²) in [4.78, 5) is 27.8. The zero-order valence-corrected chi connectivity index (χ0v) is 14.9. The molecule has 0 spiro atoms. The largest absolute Gasteiger partial charge is 0.478 e. The van der Waals surface area contributed by atoms with Crippen molar-refractivity contribution in [3.8, 4) is 11.3 Å². The molecule has 0 aliphatic carbocycles. The van der Waals surface area contributed by atoms with Gasteiger partial charge in [-0.2, -0.15) is 5.10 Å². The number of rotatable bonds is 5. The second-order valence-electron chi connectivity index (χ2n) is 6.22. The van der Waals surface area contributed by atoms with Gasteiger partial charge in [0.1, 0.15) is 11.3 Å². The van der Waals surface area contributed by atoms with Crippen molar-refractivity contribution < 1.29 is 14.7 Å². The van der Waals surface area contributed by atoms with Crippen molar-refractivity contribution in [2.75, 3.05) is 0 Å². The van der Waals surface area contributed by atoms with Gasteiger partial charge in [-0.25, -0.2) is 9.64 Å². The van der Waals surface area contributed by atoms with E-state index in [9.17, 15) is 14.7 Å². The van der Waals surface area contributed by atoms with Crippen molar-refractivity contribution in [1.82, 2.24) is 9.78 Å². The topological polar surface area (TPSA) is 76.5 Å². The molecule has 1 aromatic heterocycles. The third-order valence-electron chi connectivity index (χ3n) is 4.35. The predicted octanol–water partition coefficient (Wildman–Crippen LogP) is 4.07. The summed E-state index contributed by atoms with van der Waals surface area (Å²) >= 11 is 0. The van der Waals surface area contributed by atoms with Crippen LogP contribution in [0.1, 0.15) is 32.0 Å². The van der Waals surface area contributed by atoms with Gasteiger partial charge >= 0.3 is 5.97 Å². The Labute approximate surface area is 156 Å². The number of aryl methyl sites for hydroxylation is 2. The molecule has 27 heavy (non-hydrogen) atoms. The highest BCUT2D eigenvalue weighted by Gasteiger charge is 2.25. The Bertz CT molecular complexity index is 1060. The van der Waals surface area contributed by atoms with Crippen LogP contribution >= 0.6 is 0 Å². The summed E-state index contributed by atoms with van der Waals surface area (Å²) in [5.74, 6) is -1.31. The molecule has 0 aliphatic rings. The molecule has 3 rings (SSSR count). The summed E-state index contributed by atoms with van der Waals surface area (Å²) in [5.41, 5.74) is 3.26. The maximum Gasteiger partial charge on any atom is 0.339 e. The molecule has 2 aromatic carbocycles. The van der Waals surface area contributed by atoms with Gasteiger partial charge in [0.25, 0.3) is 0 Å². The smallest absolute Gasteiger partial charge is 0.339 e. The van der Waals surface area contributed by atoms with Gasteiger partial charge in [0.15, 0.2) is 11.5 Å². The fourth-order valence-electron chi connectivity index (χ4n) is 2.88. The second kappa shape index (κ2) is 7.26. The van der Waals surface area contributed by atoms with Crippen molar-refractivity contribution >= 4 is 17.4 Å². The van der Waals surface area contributed by atoms with Gasteiger partial charge in [-0.1, -0.05) is 54.1 Å². The number of ketones is 1. The number of benzene rings is 2. The molecule has 0 bridgehead atoms. The molecular formula is C21H17N3O3. The molecule has 0 amide bonds. The summed E-state index contributed by atoms with van der Waals surface area (Å²) in [5, 5.41) is 14.1. The Kier molecular flexibility index (Phi) is 4.86. The molecule has 6 heteroatoms. The lowest BCUT2D eigenvalue weighted by molar-refractivity contribution is 0.0696. The Balaban J connectivity index is 2.01. The van der Waals surface area contributed by atoms with E-state index in [4.69, 9.17) is 6.57 Å². The molecule has 0 atom stereocenters. The average molecular weight is 359 g/mol. The number of carbonyl (C=O) groups excluding carboxylic acids is 1. The second-order valence-corrected chi connectivity index (χ2v) is 6.22. The minimum atomic E-state index is -1.14. The van der Waals surface area contributed by atoms with Gasteiger partial charge in [-0.3, -0.25) is 9.48 Å². The Morgan fingerprint density at radius 3 is 2.30 bits per heavy atom. The quantitative estimate of drug-likeness (QED) is 0.550. The van der Waals surface area contributed by atoms with Gasteiger partial charge < -0.3 is 5.11 Å². The van der Waals surface area contributed by atoms with Crippen molar-refractivity contribution in [3.05, 3.63) is 82.3 Å². The van der Waals surface area contributed by atoms with E-state index in [0.717, 1.165) is 5.56 Å². The number of Topliss-reactive ketones (excluding diaryl/α,β-unsaturated/α-hetero) is 1. The number of carboxylic acids is 1. The van der Waals surface area contributed by atoms with Crippen molar-refractivity contribution in [1.29, 1.82) is 0 Å². The number of carboxylic acid groups (broad SMARTS) is 1. The van der Waals surface area contributed by atoms with Crippen LogP contribution in [0.15, 0.2) is 48.5 Å². The molecule has 134 valence electrons. The summed E-state index contributed by atoms with van der Waals surface area (Å²) < 4.78 is 1.44. The fraction of sp³-hybridized carbons (Fsp3) is 0.143. The van der Waals surface area contributed by atoms with E-state index in [0.29, 0.717) is 22.5 Å². The zero-order valence-electron chi connectivity index (χ0n) is 14.9. The van der Waals surface area contributed by atoms with Crippen LogP contribution in [-0.2, 0) is 13.5 Å². The molecular weight excluding hydrogens is 342 g/mol. The minimum absolute atomic E-state index is 0.00789. The Morgan fingerprint density at radius 2 is 1.74 bits per heavy atom. The van der Waals surface area contributed by atoms with Crippen LogP contribution < -0.4 is 0 Å². The van der Waals surface area contributed by atoms with Crippen LogP contribution in [0.4, 0.5) is 5.69 Å². The maximum absolute atomic E-state index is 12.6. The minimum Gasteiger partial charge on any atom is -0.478 e. The molecule has 0 unspecified atom stereocenters. The molecule has 6 nitrogen and oxygen atoms in total. The van der Waals surface area contributed by atoms with Gasteiger partial charge in [-0.15, -0.1) is 0 Å². The van der Waals surface area contributed by atoms with Gasteiger partial charge in [-0.05, 0) is 6.92 Å². The van der Waals surface area contributed by atoms with Crippen LogP contribution in [0.25, 0.3) is 16.1 Å². The molecule has 0 fully saturated rings. The lowest BCUT2D eigenvalue weighted by atomic mass is 10.00. The zero-order chi connectivity index (χ0) is 19.6. The molecule has 0 radical (unpaired) electrons. The normalized spacial score (nSPS) is 10.4. The van der Waals surface area contributed by atoms with Crippen molar-refractivity contribution in [2.45, 2.75) is 13.3 Å². The van der Waals surface area contributed by atoms with Gasteiger partial charge in [0.2, 0.25) is 0 Å². The van der Waals surface area contributed by atoms with Crippen molar-refractivity contribution in [2.24, 2.45) is 7.05 Å². The maximum atomic E-state index is 12.6. The third-order valence-corrected chi connectivity index (χ3v) is 4.35. The first kappa shape index (κ1) is 18.1. The Hall–Kier alpha value is -3.72. The molecule has 1 N–H and O–H groups in total. The van der Waals surface area contributed by atoms with E-state index in [-0.39, 0.29) is 23.5 Å². The van der Waals surface area contributed by atoms with E-state index in [1.54, 1.807) is 43.4 Å². The number of aromatic carboxylic acids is 1. The predicted molar refractivity (Wildman–Crippen MR) is 101 cm³/mol. The number of carbonyl (C=O) groups is 2. The van der Waals surface area contributed by atoms with Crippen LogP contribution in [-0.4, -0.2) is 26.6 Å². The fourth-order valence-corrected chi connectivity index (χ4v) is 2.88. The average Bonchev–Trinajstić information content (AvgIpc) is 2.99. The number of aromatic nitrogens is 2. The Morgan fingerprint density at radius 1 is 1.11 bits per heavy atom. The highest BCUT2D eigenvalue weighted by molar-refractivity contribution is 6.01. The van der Waals surface area contributed by atoms with Crippen molar-refractivity contribution in [3.63, 3.8) is 0 Å². The molecule has 0 aliphatic heterocycles. The number of nitrogens with zero attached hydrogens (tertiary/aromatic N) is 3. The first-order valence-electron chi connectivity index (χ1n) is 8.27. The van der Waals surface area contributed by atoms with Gasteiger partial charge in [0.05, 0.1) is 18.7 Å². The van der Waals surface area contributed by atoms with E-state index >= 15 is 0 Å². The summed E-state index contributed by atoms with van der Waals surface area (Å²) in [6.07, 6.45) is -0.0612. The third kappa shape index (κ3) is 3.62. The first-order valence-corrected chi connectivity index (χ1v) is 8.27. The van der Waals surface area contributed by atoms with Crippen LogP contribution in [0, 0.1) is 13.5 Å². The highest BCUT2D eigenvalue weighted by atomic mass is 16.4. The van der Waals surface area contributed by atoms with Crippen LogP contribution in [0.2, 0.25) is 0 Å². The first-order chi connectivity index (χ1) is 12.9. The molecule has 3 aromatic rings. The van der Waals surface area contributed by atoms with Crippen LogP contribution in [0.3, 0.4) is 0 Å². The van der Waals surface area contributed by atoms with E-state index in [1.165, 1.54) is 4.68 Å². The summed E-state index contributed by atoms with van der Waals surface area (Å²) in [7, 11) is 1.63. The molecule has 0 saturated heterocycles. The van der Waals surface area contributed by atoms with Gasteiger partial charge in [0, 0.05) is 18.2 Å². The number of hydrogen-bond acceptors (Lipinski definition) is 3. The standard InChI is InChI=1S/C21H17N3O3/c1-13-4-6-14(7-5-13)18(25)12-17-19(21(26)27)20(23-24(17)3)15-8-10-16(22-2)11-9-15/h4-11H,12H2,1,3H3,(H,26,27). The number of hydrogen-bond donors (Lipinski definition) is 1. The lowest BCUT2D eigenvalue weighted by Gasteiger charge is -2.05. The summed E-state index contributed by atoms with van der Waals surface area (Å²) in [6, 6.07) is 13.7. The lowest BCUT2D eigenvalue weighted by Crippen LogP contribution is -2.12. The SMILES string of the molecule is [C-]#[N+]c1ccc(-c2nn(C)c(CC(=O)c3ccc(C)cc3)c2C(=O)O)cc1. The monoisotopic (exact) mass is 359 g/mol. The molecule has 0 saturated carbocycles. The molecule has 1 heterocycles. The summed E-state index contributed by atoms with van der Waals surface area (Å²) in [6.45, 7) is 8.95. The van der Waals surface area contributed by atoms with E-state index in [1.807, 2.05) is 19.1 Å². The highest BCUT2D eigenvalue weighted by Crippen LogP contribution is 2.28.